The summed E-state index contributed by atoms with van der Waals surface area (Å²) in [4.78, 5) is 11.6. The smallest absolute Gasteiger partial charge is 0.138 e. The molecule has 3 rings (SSSR count). The molecule has 1 atom stereocenters. The van der Waals surface area contributed by atoms with Crippen LogP contribution in [-0.2, 0) is 12.2 Å². The van der Waals surface area contributed by atoms with Crippen molar-refractivity contribution in [1.82, 2.24) is 9.97 Å². The van der Waals surface area contributed by atoms with E-state index in [-0.39, 0.29) is 0 Å². The molecule has 1 N–H and O–H groups in total. The van der Waals surface area contributed by atoms with E-state index >= 15 is 0 Å². The van der Waals surface area contributed by atoms with Crippen LogP contribution in [0.2, 0.25) is 0 Å². The molecule has 0 saturated heterocycles. The minimum atomic E-state index is 0.423. The van der Waals surface area contributed by atoms with Gasteiger partial charge in [-0.1, -0.05) is 13.8 Å². The number of nitrogens with zero attached hydrogens (tertiary/aromatic N) is 2. The average molecular weight is 293 g/mol. The highest BCUT2D eigenvalue weighted by atomic mass is 32.2. The molecule has 19 heavy (non-hydrogen) atoms. The van der Waals surface area contributed by atoms with Gasteiger partial charge in [-0.15, -0.1) is 11.3 Å². The van der Waals surface area contributed by atoms with Gasteiger partial charge in [-0.25, -0.2) is 9.97 Å². The van der Waals surface area contributed by atoms with Gasteiger partial charge in [-0.05, 0) is 30.6 Å². The lowest BCUT2D eigenvalue weighted by Crippen LogP contribution is -2.22. The number of anilines is 1. The molecule has 0 bridgehead atoms. The number of hydrogen-bond acceptors (Lipinski definition) is 5. The molecule has 102 valence electrons. The zero-order valence-corrected chi connectivity index (χ0v) is 13.2. The van der Waals surface area contributed by atoms with E-state index < -0.39 is 0 Å². The molecule has 3 nitrogen and oxygen atoms in total. The first-order chi connectivity index (χ1) is 9.16. The van der Waals surface area contributed by atoms with Crippen LogP contribution in [-0.4, -0.2) is 21.8 Å². The monoisotopic (exact) mass is 293 g/mol. The Labute approximate surface area is 122 Å². The first-order valence-electron chi connectivity index (χ1n) is 6.76. The van der Waals surface area contributed by atoms with E-state index in [0.29, 0.717) is 12.0 Å². The predicted molar refractivity (Wildman–Crippen MR) is 85.2 cm³/mol. The molecule has 5 heteroatoms. The molecule has 1 aliphatic rings. The normalized spacial score (nSPS) is 16.6. The van der Waals surface area contributed by atoms with Crippen molar-refractivity contribution in [3.8, 4) is 0 Å². The van der Waals surface area contributed by atoms with Gasteiger partial charge in [-0.2, -0.15) is 11.8 Å². The Bertz CT molecular complexity index is 592. The van der Waals surface area contributed by atoms with Crippen LogP contribution >= 0.6 is 23.1 Å². The Morgan fingerprint density at radius 1 is 1.26 bits per heavy atom. The maximum Gasteiger partial charge on any atom is 0.138 e. The zero-order chi connectivity index (χ0) is 13.4. The van der Waals surface area contributed by atoms with Crippen molar-refractivity contribution in [2.24, 2.45) is 5.92 Å². The molecule has 2 aromatic heterocycles. The van der Waals surface area contributed by atoms with Crippen molar-refractivity contribution < 1.29 is 0 Å². The largest absolute Gasteiger partial charge is 0.367 e. The Morgan fingerprint density at radius 3 is 2.89 bits per heavy atom. The molecule has 0 radical (unpaired) electrons. The van der Waals surface area contributed by atoms with Gasteiger partial charge >= 0.3 is 0 Å². The molecule has 0 amide bonds. The SMILES string of the molecule is CC(C)C(C)Nc1ncnc2sc3c(c12)CCSC3. The fourth-order valence-corrected chi connectivity index (χ4v) is 4.57. The maximum atomic E-state index is 4.49. The molecule has 1 aliphatic heterocycles. The molecule has 0 aliphatic carbocycles. The van der Waals surface area contributed by atoms with E-state index in [1.54, 1.807) is 6.33 Å². The Hall–Kier alpha value is -0.810. The Kier molecular flexibility index (Phi) is 3.67. The molecule has 2 aromatic rings. The zero-order valence-electron chi connectivity index (χ0n) is 11.6. The minimum absolute atomic E-state index is 0.423. The van der Waals surface area contributed by atoms with Crippen molar-refractivity contribution in [2.45, 2.75) is 39.0 Å². The summed E-state index contributed by atoms with van der Waals surface area (Å²) >= 11 is 3.86. The van der Waals surface area contributed by atoms with Gasteiger partial charge in [0.1, 0.15) is 17.0 Å². The van der Waals surface area contributed by atoms with Crippen LogP contribution < -0.4 is 5.32 Å². The fraction of sp³-hybridized carbons (Fsp3) is 0.571. The van der Waals surface area contributed by atoms with E-state index in [4.69, 9.17) is 0 Å². The van der Waals surface area contributed by atoms with Crippen LogP contribution in [0.1, 0.15) is 31.2 Å². The van der Waals surface area contributed by atoms with E-state index in [1.165, 1.54) is 21.6 Å². The third kappa shape index (κ3) is 2.46. The van der Waals surface area contributed by atoms with E-state index in [9.17, 15) is 0 Å². The third-order valence-corrected chi connectivity index (χ3v) is 6.07. The van der Waals surface area contributed by atoms with Crippen LogP contribution in [0.15, 0.2) is 6.33 Å². The predicted octanol–water partition coefficient (Wildman–Crippen LogP) is 3.94. The highest BCUT2D eigenvalue weighted by molar-refractivity contribution is 7.98. The standard InChI is InChI=1S/C14H19N3S2/c1-8(2)9(3)17-13-12-10-4-5-18-6-11(10)19-14(12)16-7-15-13/h7-9H,4-6H2,1-3H3,(H,15,16,17). The number of hydrogen-bond donors (Lipinski definition) is 1. The van der Waals surface area contributed by atoms with Crippen LogP contribution in [0.5, 0.6) is 0 Å². The molecule has 1 unspecified atom stereocenters. The number of nitrogens with one attached hydrogen (secondary N) is 1. The van der Waals surface area contributed by atoms with Crippen molar-refractivity contribution in [2.75, 3.05) is 11.1 Å². The van der Waals surface area contributed by atoms with Gasteiger partial charge in [0, 0.05) is 16.7 Å². The molecule has 3 heterocycles. The quantitative estimate of drug-likeness (QED) is 0.930. The molecule has 0 spiro atoms. The van der Waals surface area contributed by atoms with Gasteiger partial charge in [0.2, 0.25) is 0 Å². The second-order valence-electron chi connectivity index (χ2n) is 5.39. The Balaban J connectivity index is 2.06. The molecule has 0 fully saturated rings. The first kappa shape index (κ1) is 13.2. The second kappa shape index (κ2) is 5.29. The summed E-state index contributed by atoms with van der Waals surface area (Å²) in [6.07, 6.45) is 2.84. The van der Waals surface area contributed by atoms with Gasteiger partial charge < -0.3 is 5.32 Å². The lowest BCUT2D eigenvalue weighted by atomic mass is 10.1. The molecule has 0 saturated carbocycles. The van der Waals surface area contributed by atoms with Gasteiger partial charge in [0.05, 0.1) is 5.39 Å². The number of fused-ring (bicyclic) bond motifs is 3. The summed E-state index contributed by atoms with van der Waals surface area (Å²) in [6.45, 7) is 6.68. The van der Waals surface area contributed by atoms with E-state index in [0.717, 1.165) is 22.8 Å². The lowest BCUT2D eigenvalue weighted by molar-refractivity contribution is 0.559. The highest BCUT2D eigenvalue weighted by Crippen LogP contribution is 2.39. The maximum absolute atomic E-state index is 4.49. The number of aryl methyl sites for hydroxylation is 1. The summed E-state index contributed by atoms with van der Waals surface area (Å²) in [5.74, 6) is 3.97. The van der Waals surface area contributed by atoms with Crippen molar-refractivity contribution in [1.29, 1.82) is 0 Å². The summed E-state index contributed by atoms with van der Waals surface area (Å²) in [6, 6.07) is 0.423. The lowest BCUT2D eigenvalue weighted by Gasteiger charge is -2.19. The number of aromatic nitrogens is 2. The topological polar surface area (TPSA) is 37.8 Å². The fourth-order valence-electron chi connectivity index (χ4n) is 2.25. The van der Waals surface area contributed by atoms with Crippen LogP contribution in [0.4, 0.5) is 5.82 Å². The van der Waals surface area contributed by atoms with Crippen molar-refractivity contribution >= 4 is 39.1 Å². The van der Waals surface area contributed by atoms with Crippen LogP contribution in [0, 0.1) is 5.92 Å². The van der Waals surface area contributed by atoms with Crippen molar-refractivity contribution in [3.05, 3.63) is 16.8 Å². The van der Waals surface area contributed by atoms with Crippen LogP contribution in [0.3, 0.4) is 0 Å². The first-order valence-corrected chi connectivity index (χ1v) is 8.73. The summed E-state index contributed by atoms with van der Waals surface area (Å²) in [5, 5.41) is 4.84. The van der Waals surface area contributed by atoms with Crippen molar-refractivity contribution in [3.63, 3.8) is 0 Å². The third-order valence-electron chi connectivity index (χ3n) is 3.76. The number of rotatable bonds is 3. The van der Waals surface area contributed by atoms with Crippen LogP contribution in [0.25, 0.3) is 10.2 Å². The molecular formula is C14H19N3S2. The summed E-state index contributed by atoms with van der Waals surface area (Å²) < 4.78 is 0. The highest BCUT2D eigenvalue weighted by Gasteiger charge is 2.21. The minimum Gasteiger partial charge on any atom is -0.367 e. The number of thiophene rings is 1. The van der Waals surface area contributed by atoms with Gasteiger partial charge in [-0.3, -0.25) is 0 Å². The number of thioether (sulfide) groups is 1. The van der Waals surface area contributed by atoms with E-state index in [1.807, 2.05) is 23.1 Å². The second-order valence-corrected chi connectivity index (χ2v) is 7.57. The summed E-state index contributed by atoms with van der Waals surface area (Å²) in [5.41, 5.74) is 1.48. The van der Waals surface area contributed by atoms with Gasteiger partial charge in [0.15, 0.2) is 0 Å². The van der Waals surface area contributed by atoms with Gasteiger partial charge in [0.25, 0.3) is 0 Å². The molecule has 0 aromatic carbocycles. The van der Waals surface area contributed by atoms with E-state index in [2.05, 4.69) is 36.1 Å². The molecular weight excluding hydrogens is 274 g/mol. The Morgan fingerprint density at radius 2 is 2.11 bits per heavy atom. The average Bonchev–Trinajstić information content (AvgIpc) is 2.77. The summed E-state index contributed by atoms with van der Waals surface area (Å²) in [7, 11) is 0.